The molecule has 1 amide bonds. The summed E-state index contributed by atoms with van der Waals surface area (Å²) in [4.78, 5) is 20.4. The van der Waals surface area contributed by atoms with Gasteiger partial charge < -0.3 is 10.1 Å². The Hall–Kier alpha value is -3.16. The van der Waals surface area contributed by atoms with Crippen molar-refractivity contribution < 1.29 is 9.53 Å². The molecule has 1 aromatic heterocycles. The molecule has 3 aromatic carbocycles. The molecule has 1 atom stereocenters. The van der Waals surface area contributed by atoms with Crippen molar-refractivity contribution in [3.8, 4) is 11.4 Å². The summed E-state index contributed by atoms with van der Waals surface area (Å²) in [5, 5.41) is 3.06. The Bertz CT molecular complexity index is 1320. The number of imidazole rings is 1. The maximum atomic E-state index is 13.1. The normalized spacial score (nSPS) is 16.5. The molecule has 1 N–H and O–H groups in total. The van der Waals surface area contributed by atoms with Crippen LogP contribution in [0.4, 0.5) is 5.69 Å². The molecule has 1 fully saturated rings. The van der Waals surface area contributed by atoms with Crippen LogP contribution < -0.4 is 10.1 Å². The van der Waals surface area contributed by atoms with Gasteiger partial charge in [0.05, 0.1) is 36.3 Å². The van der Waals surface area contributed by atoms with Crippen LogP contribution in [0.5, 0.6) is 5.75 Å². The van der Waals surface area contributed by atoms with Gasteiger partial charge in [-0.2, -0.15) is 0 Å². The number of nitrogens with one attached hydrogen (secondary N) is 1. The maximum absolute atomic E-state index is 13.1. The fraction of sp³-hybridized carbons (Fsp3) is 0.259. The van der Waals surface area contributed by atoms with Crippen LogP contribution in [0.2, 0.25) is 0 Å². The van der Waals surface area contributed by atoms with Gasteiger partial charge in [-0.3, -0.25) is 14.3 Å². The predicted octanol–water partition coefficient (Wildman–Crippen LogP) is 5.65. The molecule has 6 nitrogen and oxygen atoms in total. The standard InChI is InChI=1S/C27H27BrN4O2/c1-34-25-14-5-3-12-23(25)30-27(33)19-8-7-15-31(17-19)18-26-29-22-11-2-4-13-24(22)32(26)21-10-6-9-20(28)16-21/h2-6,9-14,16,19H,7-8,15,17-18H2,1H3,(H,30,33)/t19-/m0/s1. The van der Waals surface area contributed by atoms with E-state index in [1.807, 2.05) is 54.6 Å². The fourth-order valence-corrected chi connectivity index (χ4v) is 5.07. The van der Waals surface area contributed by atoms with Gasteiger partial charge in [0.15, 0.2) is 0 Å². The molecule has 34 heavy (non-hydrogen) atoms. The van der Waals surface area contributed by atoms with E-state index in [9.17, 15) is 4.79 Å². The molecule has 7 heteroatoms. The molecule has 1 aliphatic rings. The summed E-state index contributed by atoms with van der Waals surface area (Å²) >= 11 is 3.60. The Kier molecular flexibility index (Phi) is 6.65. The predicted molar refractivity (Wildman–Crippen MR) is 138 cm³/mol. The molecular weight excluding hydrogens is 492 g/mol. The Morgan fingerprint density at radius 1 is 1.12 bits per heavy atom. The van der Waals surface area contributed by atoms with Crippen molar-refractivity contribution >= 4 is 38.6 Å². The number of nitrogens with zero attached hydrogens (tertiary/aromatic N) is 3. The molecule has 174 valence electrons. The van der Waals surface area contributed by atoms with E-state index < -0.39 is 0 Å². The Morgan fingerprint density at radius 2 is 1.94 bits per heavy atom. The number of hydrogen-bond acceptors (Lipinski definition) is 4. The average Bonchev–Trinajstić information content (AvgIpc) is 3.22. The first-order valence-corrected chi connectivity index (χ1v) is 12.3. The molecule has 2 heterocycles. The first-order valence-electron chi connectivity index (χ1n) is 11.5. The van der Waals surface area contributed by atoms with Crippen molar-refractivity contribution in [1.82, 2.24) is 14.5 Å². The number of ether oxygens (including phenoxy) is 1. The minimum Gasteiger partial charge on any atom is -0.495 e. The second-order valence-electron chi connectivity index (χ2n) is 8.60. The van der Waals surface area contributed by atoms with Crippen molar-refractivity contribution in [1.29, 1.82) is 0 Å². The quantitative estimate of drug-likeness (QED) is 0.358. The van der Waals surface area contributed by atoms with E-state index in [0.29, 0.717) is 24.5 Å². The van der Waals surface area contributed by atoms with E-state index in [1.54, 1.807) is 7.11 Å². The molecular formula is C27H27BrN4O2. The van der Waals surface area contributed by atoms with Crippen LogP contribution in [0.3, 0.4) is 0 Å². The summed E-state index contributed by atoms with van der Waals surface area (Å²) in [6, 6.07) is 24.0. The van der Waals surface area contributed by atoms with Gasteiger partial charge in [0.1, 0.15) is 11.6 Å². The zero-order chi connectivity index (χ0) is 23.5. The Labute approximate surface area is 207 Å². The number of piperidine rings is 1. The molecule has 4 aromatic rings. The minimum atomic E-state index is -0.0811. The van der Waals surface area contributed by atoms with E-state index in [0.717, 1.165) is 46.4 Å². The molecule has 0 unspecified atom stereocenters. The SMILES string of the molecule is COc1ccccc1NC(=O)[C@H]1CCCN(Cc2nc3ccccc3n2-c2cccc(Br)c2)C1. The van der Waals surface area contributed by atoms with Crippen LogP contribution >= 0.6 is 15.9 Å². The van der Waals surface area contributed by atoms with Crippen LogP contribution in [0.15, 0.2) is 77.3 Å². The van der Waals surface area contributed by atoms with Gasteiger partial charge in [0.2, 0.25) is 5.91 Å². The largest absolute Gasteiger partial charge is 0.495 e. The Balaban J connectivity index is 1.37. The van der Waals surface area contributed by atoms with Crippen LogP contribution in [0.1, 0.15) is 18.7 Å². The van der Waals surface area contributed by atoms with E-state index in [1.165, 1.54) is 0 Å². The molecule has 0 bridgehead atoms. The van der Waals surface area contributed by atoms with E-state index >= 15 is 0 Å². The van der Waals surface area contributed by atoms with E-state index in [4.69, 9.17) is 9.72 Å². The highest BCUT2D eigenvalue weighted by atomic mass is 79.9. The third-order valence-electron chi connectivity index (χ3n) is 6.30. The number of aromatic nitrogens is 2. The zero-order valence-electron chi connectivity index (χ0n) is 19.1. The monoisotopic (exact) mass is 518 g/mol. The van der Waals surface area contributed by atoms with Crippen LogP contribution in [0.25, 0.3) is 16.7 Å². The number of benzene rings is 3. The van der Waals surface area contributed by atoms with Crippen molar-refractivity contribution in [3.05, 3.63) is 83.1 Å². The van der Waals surface area contributed by atoms with Crippen molar-refractivity contribution in [2.24, 2.45) is 5.92 Å². The molecule has 0 spiro atoms. The number of carbonyl (C=O) groups excluding carboxylic acids is 1. The van der Waals surface area contributed by atoms with Gasteiger partial charge in [0, 0.05) is 16.7 Å². The lowest BCUT2D eigenvalue weighted by Gasteiger charge is -2.32. The van der Waals surface area contributed by atoms with Gasteiger partial charge in [-0.25, -0.2) is 4.98 Å². The van der Waals surface area contributed by atoms with Gasteiger partial charge in [-0.1, -0.05) is 46.3 Å². The molecule has 5 rings (SSSR count). The van der Waals surface area contributed by atoms with Crippen molar-refractivity contribution in [2.45, 2.75) is 19.4 Å². The number of rotatable bonds is 6. The highest BCUT2D eigenvalue weighted by Crippen LogP contribution is 2.28. The van der Waals surface area contributed by atoms with Crippen molar-refractivity contribution in [2.75, 3.05) is 25.5 Å². The number of fused-ring (bicyclic) bond motifs is 1. The molecule has 0 saturated carbocycles. The fourth-order valence-electron chi connectivity index (χ4n) is 4.68. The van der Waals surface area contributed by atoms with Crippen LogP contribution in [-0.2, 0) is 11.3 Å². The number of hydrogen-bond donors (Lipinski definition) is 1. The topological polar surface area (TPSA) is 59.4 Å². The lowest BCUT2D eigenvalue weighted by molar-refractivity contribution is -0.121. The maximum Gasteiger partial charge on any atom is 0.228 e. The van der Waals surface area contributed by atoms with E-state index in [-0.39, 0.29) is 11.8 Å². The summed E-state index contributed by atoms with van der Waals surface area (Å²) in [6.07, 6.45) is 1.85. The number of halogens is 1. The minimum absolute atomic E-state index is 0.0368. The first-order chi connectivity index (χ1) is 16.6. The summed E-state index contributed by atoms with van der Waals surface area (Å²) in [5.41, 5.74) is 3.84. The van der Waals surface area contributed by atoms with E-state index in [2.05, 4.69) is 48.9 Å². The highest BCUT2D eigenvalue weighted by Gasteiger charge is 2.27. The van der Waals surface area contributed by atoms with Gasteiger partial charge in [-0.05, 0) is 61.9 Å². The zero-order valence-corrected chi connectivity index (χ0v) is 20.7. The van der Waals surface area contributed by atoms with Crippen molar-refractivity contribution in [3.63, 3.8) is 0 Å². The molecule has 1 aliphatic heterocycles. The van der Waals surface area contributed by atoms with Crippen LogP contribution in [-0.4, -0.2) is 40.6 Å². The molecule has 1 saturated heterocycles. The summed E-state index contributed by atoms with van der Waals surface area (Å²) in [7, 11) is 1.62. The van der Waals surface area contributed by atoms with Crippen LogP contribution in [0, 0.1) is 5.92 Å². The number of para-hydroxylation sites is 4. The average molecular weight is 519 g/mol. The number of methoxy groups -OCH3 is 1. The van der Waals surface area contributed by atoms with Gasteiger partial charge >= 0.3 is 0 Å². The smallest absolute Gasteiger partial charge is 0.228 e. The number of amides is 1. The second kappa shape index (κ2) is 9.99. The summed E-state index contributed by atoms with van der Waals surface area (Å²) < 4.78 is 8.63. The number of carbonyl (C=O) groups is 1. The molecule has 0 aliphatic carbocycles. The number of anilines is 1. The number of likely N-dealkylation sites (tertiary alicyclic amines) is 1. The first kappa shape index (κ1) is 22.6. The summed E-state index contributed by atoms with van der Waals surface area (Å²) in [5.74, 6) is 1.60. The lowest BCUT2D eigenvalue weighted by atomic mass is 9.97. The molecule has 0 radical (unpaired) electrons. The van der Waals surface area contributed by atoms with Gasteiger partial charge in [-0.15, -0.1) is 0 Å². The second-order valence-corrected chi connectivity index (χ2v) is 9.51. The third-order valence-corrected chi connectivity index (χ3v) is 6.80. The summed E-state index contributed by atoms with van der Waals surface area (Å²) in [6.45, 7) is 2.32. The highest BCUT2D eigenvalue weighted by molar-refractivity contribution is 9.10. The third kappa shape index (κ3) is 4.72. The Morgan fingerprint density at radius 3 is 2.79 bits per heavy atom. The lowest BCUT2D eigenvalue weighted by Crippen LogP contribution is -2.40. The van der Waals surface area contributed by atoms with Gasteiger partial charge in [0.25, 0.3) is 0 Å².